The van der Waals surface area contributed by atoms with E-state index in [0.717, 1.165) is 16.9 Å². The number of hydrogen-bond donors (Lipinski definition) is 2. The van der Waals surface area contributed by atoms with Crippen molar-refractivity contribution >= 4 is 11.9 Å². The topological polar surface area (TPSA) is 75.6 Å². The van der Waals surface area contributed by atoms with Gasteiger partial charge in [0.25, 0.3) is 0 Å². The summed E-state index contributed by atoms with van der Waals surface area (Å²) in [6.45, 7) is 6.01. The number of aliphatic carboxylic acids is 1. The quantitative estimate of drug-likeness (QED) is 0.772. The molecule has 2 N–H and O–H groups in total. The van der Waals surface area contributed by atoms with Gasteiger partial charge in [-0.15, -0.1) is 0 Å². The summed E-state index contributed by atoms with van der Waals surface area (Å²) in [4.78, 5) is 22.7. The second-order valence-corrected chi connectivity index (χ2v) is 5.07. The van der Waals surface area contributed by atoms with Gasteiger partial charge in [0.1, 0.15) is 11.8 Å². The van der Waals surface area contributed by atoms with Crippen molar-refractivity contribution in [1.82, 2.24) is 5.32 Å². The number of ether oxygens (including phenoxy) is 1. The molecule has 1 unspecified atom stereocenters. The Kier molecular flexibility index (Phi) is 6.72. The van der Waals surface area contributed by atoms with Gasteiger partial charge >= 0.3 is 5.97 Å². The zero-order valence-electron chi connectivity index (χ0n) is 12.8. The van der Waals surface area contributed by atoms with Gasteiger partial charge in [0, 0.05) is 0 Å². The van der Waals surface area contributed by atoms with Crippen molar-refractivity contribution in [2.24, 2.45) is 0 Å². The van der Waals surface area contributed by atoms with E-state index in [1.54, 1.807) is 0 Å². The Labute approximate surface area is 125 Å². The number of carboxylic acids is 1. The minimum atomic E-state index is -0.999. The third kappa shape index (κ3) is 5.45. The lowest BCUT2D eigenvalue weighted by molar-refractivity contribution is -0.142. The Bertz CT molecular complexity index is 479. The molecule has 0 aliphatic rings. The third-order valence-corrected chi connectivity index (χ3v) is 3.19. The highest BCUT2D eigenvalue weighted by Crippen LogP contribution is 2.22. The Morgan fingerprint density at radius 2 is 1.90 bits per heavy atom. The summed E-state index contributed by atoms with van der Waals surface area (Å²) in [5, 5.41) is 11.5. The van der Waals surface area contributed by atoms with Gasteiger partial charge in [0.05, 0.1) is 13.0 Å². The van der Waals surface area contributed by atoms with Crippen LogP contribution < -0.4 is 10.1 Å². The molecule has 1 rings (SSSR count). The van der Waals surface area contributed by atoms with Crippen LogP contribution >= 0.6 is 0 Å². The molecule has 0 bridgehead atoms. The van der Waals surface area contributed by atoms with Crippen LogP contribution in [0.5, 0.6) is 5.75 Å². The van der Waals surface area contributed by atoms with E-state index in [2.05, 4.69) is 5.32 Å². The standard InChI is InChI=1S/C16H23NO4/c1-4-6-13(16(19)20)17-14(18)9-10-21-15-11(2)7-5-8-12(15)3/h5,7-8,13H,4,6,9-10H2,1-3H3,(H,17,18)(H,19,20). The summed E-state index contributed by atoms with van der Waals surface area (Å²) >= 11 is 0. The van der Waals surface area contributed by atoms with Crippen LogP contribution in [0.3, 0.4) is 0 Å². The van der Waals surface area contributed by atoms with Gasteiger partial charge in [-0.3, -0.25) is 4.79 Å². The number of para-hydroxylation sites is 1. The highest BCUT2D eigenvalue weighted by molar-refractivity contribution is 5.83. The van der Waals surface area contributed by atoms with Crippen LogP contribution in [-0.4, -0.2) is 29.6 Å². The van der Waals surface area contributed by atoms with Crippen molar-refractivity contribution in [3.63, 3.8) is 0 Å². The normalized spacial score (nSPS) is 11.8. The Hall–Kier alpha value is -2.04. The van der Waals surface area contributed by atoms with E-state index in [4.69, 9.17) is 9.84 Å². The number of benzene rings is 1. The highest BCUT2D eigenvalue weighted by atomic mass is 16.5. The van der Waals surface area contributed by atoms with Crippen molar-refractivity contribution < 1.29 is 19.4 Å². The highest BCUT2D eigenvalue weighted by Gasteiger charge is 2.18. The Balaban J connectivity index is 2.45. The van der Waals surface area contributed by atoms with E-state index in [1.165, 1.54) is 0 Å². The van der Waals surface area contributed by atoms with Crippen LogP contribution in [0.1, 0.15) is 37.3 Å². The minimum Gasteiger partial charge on any atom is -0.493 e. The molecule has 5 nitrogen and oxygen atoms in total. The van der Waals surface area contributed by atoms with Gasteiger partial charge in [0.15, 0.2) is 0 Å². The second kappa shape index (κ2) is 8.29. The first kappa shape index (κ1) is 17.0. The number of amides is 1. The lowest BCUT2D eigenvalue weighted by Gasteiger charge is -2.15. The molecular formula is C16H23NO4. The van der Waals surface area contributed by atoms with Gasteiger partial charge in [0.2, 0.25) is 5.91 Å². The third-order valence-electron chi connectivity index (χ3n) is 3.19. The fraction of sp³-hybridized carbons (Fsp3) is 0.500. The van der Waals surface area contributed by atoms with Crippen LogP contribution in [0.15, 0.2) is 18.2 Å². The molecule has 0 spiro atoms. The van der Waals surface area contributed by atoms with E-state index >= 15 is 0 Å². The summed E-state index contributed by atoms with van der Waals surface area (Å²) in [6.07, 6.45) is 1.27. The van der Waals surface area contributed by atoms with Crippen molar-refractivity contribution in [1.29, 1.82) is 0 Å². The van der Waals surface area contributed by atoms with Gasteiger partial charge in [-0.05, 0) is 31.4 Å². The molecule has 0 radical (unpaired) electrons. The van der Waals surface area contributed by atoms with Crippen molar-refractivity contribution in [2.45, 2.75) is 46.1 Å². The molecule has 1 aromatic carbocycles. The molecule has 21 heavy (non-hydrogen) atoms. The van der Waals surface area contributed by atoms with Crippen LogP contribution in [0.25, 0.3) is 0 Å². The lowest BCUT2D eigenvalue weighted by atomic mass is 10.1. The first-order chi connectivity index (χ1) is 9.95. The Morgan fingerprint density at radius 1 is 1.29 bits per heavy atom. The molecule has 0 saturated carbocycles. The molecule has 0 aromatic heterocycles. The molecule has 1 atom stereocenters. The number of rotatable bonds is 8. The predicted octanol–water partition coefficient (Wildman–Crippen LogP) is 2.44. The first-order valence-corrected chi connectivity index (χ1v) is 7.16. The largest absolute Gasteiger partial charge is 0.493 e. The fourth-order valence-corrected chi connectivity index (χ4v) is 2.09. The summed E-state index contributed by atoms with van der Waals surface area (Å²) < 4.78 is 5.63. The maximum absolute atomic E-state index is 11.7. The molecule has 5 heteroatoms. The average molecular weight is 293 g/mol. The van der Waals surface area contributed by atoms with E-state index < -0.39 is 12.0 Å². The number of carboxylic acid groups (broad SMARTS) is 1. The van der Waals surface area contributed by atoms with Gasteiger partial charge in [-0.25, -0.2) is 4.79 Å². The molecule has 0 fully saturated rings. The Morgan fingerprint density at radius 3 is 2.43 bits per heavy atom. The van der Waals surface area contributed by atoms with Crippen molar-refractivity contribution in [2.75, 3.05) is 6.61 Å². The molecular weight excluding hydrogens is 270 g/mol. The van der Waals surface area contributed by atoms with E-state index in [9.17, 15) is 9.59 Å². The minimum absolute atomic E-state index is 0.140. The SMILES string of the molecule is CCCC(NC(=O)CCOc1c(C)cccc1C)C(=O)O. The zero-order valence-corrected chi connectivity index (χ0v) is 12.8. The number of aryl methyl sites for hydroxylation is 2. The number of hydrogen-bond acceptors (Lipinski definition) is 3. The maximum atomic E-state index is 11.7. The van der Waals surface area contributed by atoms with Gasteiger partial charge in [-0.1, -0.05) is 31.5 Å². The smallest absolute Gasteiger partial charge is 0.326 e. The fourth-order valence-electron chi connectivity index (χ4n) is 2.09. The average Bonchev–Trinajstić information content (AvgIpc) is 2.41. The summed E-state index contributed by atoms with van der Waals surface area (Å²) in [5.74, 6) is -0.517. The monoisotopic (exact) mass is 293 g/mol. The summed E-state index contributed by atoms with van der Waals surface area (Å²) in [6, 6.07) is 5.03. The van der Waals surface area contributed by atoms with Gasteiger partial charge in [-0.2, -0.15) is 0 Å². The van der Waals surface area contributed by atoms with Crippen LogP contribution in [0.2, 0.25) is 0 Å². The van der Waals surface area contributed by atoms with E-state index in [0.29, 0.717) is 12.8 Å². The zero-order chi connectivity index (χ0) is 15.8. The summed E-state index contributed by atoms with van der Waals surface area (Å²) in [7, 11) is 0. The maximum Gasteiger partial charge on any atom is 0.326 e. The predicted molar refractivity (Wildman–Crippen MR) is 80.5 cm³/mol. The first-order valence-electron chi connectivity index (χ1n) is 7.16. The molecule has 1 aromatic rings. The summed E-state index contributed by atoms with van der Waals surface area (Å²) in [5.41, 5.74) is 2.04. The molecule has 0 saturated heterocycles. The molecule has 0 heterocycles. The van der Waals surface area contributed by atoms with Crippen LogP contribution in [0.4, 0.5) is 0 Å². The second-order valence-electron chi connectivity index (χ2n) is 5.07. The van der Waals surface area contributed by atoms with Crippen molar-refractivity contribution in [3.8, 4) is 5.75 Å². The van der Waals surface area contributed by atoms with Crippen LogP contribution in [-0.2, 0) is 9.59 Å². The number of carbonyl (C=O) groups excluding carboxylic acids is 1. The molecule has 0 aliphatic heterocycles. The molecule has 0 aliphatic carbocycles. The van der Waals surface area contributed by atoms with E-state index in [1.807, 2.05) is 39.0 Å². The lowest BCUT2D eigenvalue weighted by Crippen LogP contribution is -2.41. The van der Waals surface area contributed by atoms with Gasteiger partial charge < -0.3 is 15.2 Å². The van der Waals surface area contributed by atoms with Crippen LogP contribution in [0, 0.1) is 13.8 Å². The number of nitrogens with one attached hydrogen (secondary N) is 1. The molecule has 1 amide bonds. The van der Waals surface area contributed by atoms with Crippen molar-refractivity contribution in [3.05, 3.63) is 29.3 Å². The number of carbonyl (C=O) groups is 2. The van der Waals surface area contributed by atoms with E-state index in [-0.39, 0.29) is 18.9 Å². The molecule has 116 valence electrons.